The third-order valence-electron chi connectivity index (χ3n) is 1.58. The molecule has 0 bridgehead atoms. The molecule has 1 aromatic carbocycles. The first-order valence-corrected chi connectivity index (χ1v) is 3.91. The maximum Gasteiger partial charge on any atom is 0.416 e. The number of nitrogen functional groups attached to an aromatic ring is 1. The summed E-state index contributed by atoms with van der Waals surface area (Å²) in [5, 5.41) is 7.04. The molecule has 1 rings (SSSR count). The van der Waals surface area contributed by atoms with Gasteiger partial charge in [-0.3, -0.25) is 5.41 Å². The number of halogens is 4. The van der Waals surface area contributed by atoms with Gasteiger partial charge in [-0.1, -0.05) is 11.6 Å². The van der Waals surface area contributed by atoms with E-state index < -0.39 is 17.6 Å². The Morgan fingerprint density at radius 2 is 1.93 bits per heavy atom. The Morgan fingerprint density at radius 3 is 2.36 bits per heavy atom. The highest BCUT2D eigenvalue weighted by molar-refractivity contribution is 6.33. The predicted octanol–water partition coefficient (Wildman–Crippen LogP) is 2.64. The van der Waals surface area contributed by atoms with Gasteiger partial charge in [-0.15, -0.1) is 0 Å². The quantitative estimate of drug-likeness (QED) is 0.557. The Kier molecular flexibility index (Phi) is 2.71. The van der Waals surface area contributed by atoms with Gasteiger partial charge in [0.15, 0.2) is 0 Å². The molecule has 0 saturated carbocycles. The van der Waals surface area contributed by atoms with Gasteiger partial charge in [0.2, 0.25) is 0 Å². The zero-order chi connectivity index (χ0) is 10.9. The number of amidine groups is 1. The number of benzene rings is 1. The van der Waals surface area contributed by atoms with Gasteiger partial charge < -0.3 is 5.73 Å². The van der Waals surface area contributed by atoms with Gasteiger partial charge in [0.05, 0.1) is 10.6 Å². The lowest BCUT2D eigenvalue weighted by molar-refractivity contribution is -0.137. The molecule has 0 aliphatic carbocycles. The lowest BCUT2D eigenvalue weighted by Crippen LogP contribution is -2.14. The van der Waals surface area contributed by atoms with Crippen molar-refractivity contribution in [3.63, 3.8) is 0 Å². The molecule has 0 spiro atoms. The molecule has 0 fully saturated rings. The van der Waals surface area contributed by atoms with Crippen LogP contribution in [-0.4, -0.2) is 5.84 Å². The molecule has 6 heteroatoms. The molecule has 1 aromatic rings. The van der Waals surface area contributed by atoms with Crippen LogP contribution in [0.3, 0.4) is 0 Å². The van der Waals surface area contributed by atoms with E-state index in [9.17, 15) is 13.2 Å². The second-order valence-electron chi connectivity index (χ2n) is 2.61. The molecule has 3 N–H and O–H groups in total. The second-order valence-corrected chi connectivity index (χ2v) is 3.01. The minimum atomic E-state index is -4.45. The highest BCUT2D eigenvalue weighted by atomic mass is 35.5. The molecule has 0 atom stereocenters. The van der Waals surface area contributed by atoms with E-state index in [0.717, 1.165) is 18.2 Å². The fourth-order valence-corrected chi connectivity index (χ4v) is 1.13. The number of nitrogens with two attached hydrogens (primary N) is 1. The average molecular weight is 223 g/mol. The van der Waals surface area contributed by atoms with E-state index in [-0.39, 0.29) is 10.6 Å². The van der Waals surface area contributed by atoms with Crippen molar-refractivity contribution in [2.24, 2.45) is 5.73 Å². The summed E-state index contributed by atoms with van der Waals surface area (Å²) in [4.78, 5) is 0. The first-order chi connectivity index (χ1) is 6.32. The molecular formula is C8H6ClF3N2. The maximum absolute atomic E-state index is 12.2. The standard InChI is InChI=1S/C8H6ClF3N2/c9-6-2-1-4(8(10,11)12)3-5(6)7(13)14/h1-3H,(H3,13,14). The molecule has 0 unspecified atom stereocenters. The highest BCUT2D eigenvalue weighted by Gasteiger charge is 2.31. The zero-order valence-electron chi connectivity index (χ0n) is 6.82. The number of alkyl halides is 3. The second kappa shape index (κ2) is 3.49. The van der Waals surface area contributed by atoms with Gasteiger partial charge in [0.25, 0.3) is 0 Å². The van der Waals surface area contributed by atoms with Crippen LogP contribution >= 0.6 is 11.6 Å². The molecule has 76 valence electrons. The van der Waals surface area contributed by atoms with Gasteiger partial charge in [-0.25, -0.2) is 0 Å². The number of nitrogens with one attached hydrogen (secondary N) is 1. The summed E-state index contributed by atoms with van der Waals surface area (Å²) in [6.07, 6.45) is -4.45. The van der Waals surface area contributed by atoms with Gasteiger partial charge in [-0.2, -0.15) is 13.2 Å². The Morgan fingerprint density at radius 1 is 1.36 bits per heavy atom. The Balaban J connectivity index is 3.27. The van der Waals surface area contributed by atoms with E-state index in [1.165, 1.54) is 0 Å². The van der Waals surface area contributed by atoms with Crippen molar-refractivity contribution in [1.29, 1.82) is 5.41 Å². The summed E-state index contributed by atoms with van der Waals surface area (Å²) in [7, 11) is 0. The Hall–Kier alpha value is -1.23. The van der Waals surface area contributed by atoms with Gasteiger partial charge in [0.1, 0.15) is 5.84 Å². The van der Waals surface area contributed by atoms with Crippen LogP contribution in [-0.2, 0) is 6.18 Å². The minimum absolute atomic E-state index is 0.0329. The third-order valence-corrected chi connectivity index (χ3v) is 1.91. The Labute approximate surface area is 83.0 Å². The molecule has 0 saturated heterocycles. The molecule has 2 nitrogen and oxygen atoms in total. The topological polar surface area (TPSA) is 49.9 Å². The fraction of sp³-hybridized carbons (Fsp3) is 0.125. The van der Waals surface area contributed by atoms with Crippen LogP contribution in [0.5, 0.6) is 0 Å². The van der Waals surface area contributed by atoms with Crippen LogP contribution in [0.25, 0.3) is 0 Å². The summed E-state index contributed by atoms with van der Waals surface area (Å²) in [5.74, 6) is -0.485. The van der Waals surface area contributed by atoms with E-state index in [2.05, 4.69) is 0 Å². The normalized spacial score (nSPS) is 11.4. The molecule has 0 amide bonds. The van der Waals surface area contributed by atoms with Crippen molar-refractivity contribution in [1.82, 2.24) is 0 Å². The van der Waals surface area contributed by atoms with Crippen LogP contribution in [0.15, 0.2) is 18.2 Å². The van der Waals surface area contributed by atoms with Crippen molar-refractivity contribution in [2.75, 3.05) is 0 Å². The van der Waals surface area contributed by atoms with Crippen LogP contribution in [0, 0.1) is 5.41 Å². The van der Waals surface area contributed by atoms with Gasteiger partial charge >= 0.3 is 6.18 Å². The van der Waals surface area contributed by atoms with E-state index in [4.69, 9.17) is 22.7 Å². The molecule has 0 heterocycles. The molecule has 0 aliphatic heterocycles. The first kappa shape index (κ1) is 10.8. The van der Waals surface area contributed by atoms with Crippen LogP contribution in [0.2, 0.25) is 5.02 Å². The first-order valence-electron chi connectivity index (χ1n) is 3.53. The summed E-state index contributed by atoms with van der Waals surface area (Å²) in [6.45, 7) is 0. The number of rotatable bonds is 1. The van der Waals surface area contributed by atoms with E-state index >= 15 is 0 Å². The van der Waals surface area contributed by atoms with Crippen molar-refractivity contribution in [3.05, 3.63) is 34.3 Å². The van der Waals surface area contributed by atoms with E-state index in [0.29, 0.717) is 0 Å². The molecule has 0 aromatic heterocycles. The van der Waals surface area contributed by atoms with Crippen molar-refractivity contribution >= 4 is 17.4 Å². The summed E-state index contributed by atoms with van der Waals surface area (Å²) in [5.41, 5.74) is 4.08. The monoisotopic (exact) mass is 222 g/mol. The zero-order valence-corrected chi connectivity index (χ0v) is 7.58. The minimum Gasteiger partial charge on any atom is -0.384 e. The average Bonchev–Trinajstić information content (AvgIpc) is 2.02. The van der Waals surface area contributed by atoms with Crippen molar-refractivity contribution < 1.29 is 13.2 Å². The van der Waals surface area contributed by atoms with Gasteiger partial charge in [0, 0.05) is 5.56 Å². The Bertz CT molecular complexity index is 373. The number of hydrogen-bond donors (Lipinski definition) is 2. The highest BCUT2D eigenvalue weighted by Crippen LogP contribution is 2.31. The van der Waals surface area contributed by atoms with Crippen molar-refractivity contribution in [2.45, 2.75) is 6.18 Å². The third kappa shape index (κ3) is 2.17. The maximum atomic E-state index is 12.2. The van der Waals surface area contributed by atoms with E-state index in [1.54, 1.807) is 0 Å². The van der Waals surface area contributed by atoms with E-state index in [1.807, 2.05) is 0 Å². The fourth-order valence-electron chi connectivity index (χ4n) is 0.908. The van der Waals surface area contributed by atoms with Crippen LogP contribution in [0.4, 0.5) is 13.2 Å². The smallest absolute Gasteiger partial charge is 0.384 e. The number of hydrogen-bond acceptors (Lipinski definition) is 1. The molecule has 0 aliphatic rings. The summed E-state index contributed by atoms with van der Waals surface area (Å²) < 4.78 is 36.6. The van der Waals surface area contributed by atoms with Crippen molar-refractivity contribution in [3.8, 4) is 0 Å². The molecule has 14 heavy (non-hydrogen) atoms. The summed E-state index contributed by atoms with van der Waals surface area (Å²) >= 11 is 5.55. The SMILES string of the molecule is N=C(N)c1cc(C(F)(F)F)ccc1Cl. The van der Waals surface area contributed by atoms with Crippen LogP contribution in [0.1, 0.15) is 11.1 Å². The lowest BCUT2D eigenvalue weighted by atomic mass is 10.1. The molecular weight excluding hydrogens is 217 g/mol. The lowest BCUT2D eigenvalue weighted by Gasteiger charge is -2.09. The largest absolute Gasteiger partial charge is 0.416 e. The van der Waals surface area contributed by atoms with Gasteiger partial charge in [-0.05, 0) is 18.2 Å². The predicted molar refractivity (Wildman–Crippen MR) is 47.5 cm³/mol. The summed E-state index contributed by atoms with van der Waals surface area (Å²) in [6, 6.07) is 2.67. The molecule has 0 radical (unpaired) electrons. The van der Waals surface area contributed by atoms with Crippen LogP contribution < -0.4 is 5.73 Å².